The molecule has 0 radical (unpaired) electrons. The van der Waals surface area contributed by atoms with E-state index in [-0.39, 0.29) is 42.5 Å². The van der Waals surface area contributed by atoms with Crippen molar-refractivity contribution in [2.45, 2.75) is 39.7 Å². The van der Waals surface area contributed by atoms with Gasteiger partial charge in [-0.2, -0.15) is 0 Å². The second-order valence-corrected chi connectivity index (χ2v) is 5.55. The molecule has 1 aromatic rings. The number of rotatable bonds is 7. The largest absolute Gasteiger partial charge is 0.464 e. The van der Waals surface area contributed by atoms with Crippen molar-refractivity contribution in [3.05, 3.63) is 23.7 Å². The lowest BCUT2D eigenvalue weighted by atomic mass is 10.2. The fourth-order valence-corrected chi connectivity index (χ4v) is 1.79. The minimum absolute atomic E-state index is 0. The second kappa shape index (κ2) is 11.3. The first kappa shape index (κ1) is 21.8. The number of hydrogen-bond donors (Lipinski definition) is 2. The molecule has 1 rings (SSSR count). The van der Waals surface area contributed by atoms with Crippen molar-refractivity contribution in [1.29, 1.82) is 0 Å². The number of nitrogens with one attached hydrogen (secondary N) is 2. The molecular weight excluding hydrogens is 407 g/mol. The summed E-state index contributed by atoms with van der Waals surface area (Å²) in [7, 11) is 3.45. The van der Waals surface area contributed by atoms with E-state index in [0.717, 1.165) is 30.9 Å². The van der Waals surface area contributed by atoms with Gasteiger partial charge in [0.2, 0.25) is 5.91 Å². The number of halogens is 1. The normalized spacial score (nSPS) is 12.3. The van der Waals surface area contributed by atoms with Crippen LogP contribution in [0.15, 0.2) is 21.5 Å². The highest BCUT2D eigenvalue weighted by Gasteiger charge is 2.12. The first-order valence-corrected chi connectivity index (χ1v) is 7.75. The SMILES string of the molecule is CCCCNC(=NCC(=O)N(C)C)NC(C)c1ccc(C)o1.I. The van der Waals surface area contributed by atoms with Crippen molar-refractivity contribution < 1.29 is 9.21 Å². The van der Waals surface area contributed by atoms with E-state index in [4.69, 9.17) is 4.42 Å². The summed E-state index contributed by atoms with van der Waals surface area (Å²) in [5.41, 5.74) is 0. The van der Waals surface area contributed by atoms with Crippen molar-refractivity contribution in [2.24, 2.45) is 4.99 Å². The van der Waals surface area contributed by atoms with Crippen LogP contribution in [0.4, 0.5) is 0 Å². The first-order chi connectivity index (χ1) is 10.4. The number of carbonyl (C=O) groups is 1. The van der Waals surface area contributed by atoms with E-state index in [9.17, 15) is 4.79 Å². The number of aliphatic imine (C=N–C) groups is 1. The van der Waals surface area contributed by atoms with Gasteiger partial charge < -0.3 is 20.0 Å². The Morgan fingerprint density at radius 2 is 2.09 bits per heavy atom. The molecule has 0 fully saturated rings. The van der Waals surface area contributed by atoms with Gasteiger partial charge in [0.25, 0.3) is 0 Å². The van der Waals surface area contributed by atoms with Crippen LogP contribution >= 0.6 is 24.0 Å². The van der Waals surface area contributed by atoms with Gasteiger partial charge in [-0.3, -0.25) is 4.79 Å². The first-order valence-electron chi connectivity index (χ1n) is 7.75. The summed E-state index contributed by atoms with van der Waals surface area (Å²) in [6, 6.07) is 3.86. The number of carbonyl (C=O) groups excluding carboxylic acids is 1. The molecule has 6 nitrogen and oxygen atoms in total. The Morgan fingerprint density at radius 3 is 2.61 bits per heavy atom. The predicted molar refractivity (Wildman–Crippen MR) is 104 cm³/mol. The van der Waals surface area contributed by atoms with Gasteiger partial charge >= 0.3 is 0 Å². The topological polar surface area (TPSA) is 69.9 Å². The number of amides is 1. The summed E-state index contributed by atoms with van der Waals surface area (Å²) in [5, 5.41) is 6.52. The van der Waals surface area contributed by atoms with Crippen molar-refractivity contribution in [2.75, 3.05) is 27.2 Å². The maximum absolute atomic E-state index is 11.7. The van der Waals surface area contributed by atoms with Crippen LogP contribution in [0.3, 0.4) is 0 Å². The van der Waals surface area contributed by atoms with E-state index in [1.165, 1.54) is 4.90 Å². The molecule has 0 aliphatic carbocycles. The molecule has 1 unspecified atom stereocenters. The van der Waals surface area contributed by atoms with Gasteiger partial charge in [0, 0.05) is 20.6 Å². The highest BCUT2D eigenvalue weighted by molar-refractivity contribution is 14.0. The van der Waals surface area contributed by atoms with Gasteiger partial charge in [0.15, 0.2) is 5.96 Å². The number of hydrogen-bond acceptors (Lipinski definition) is 3. The van der Waals surface area contributed by atoms with Crippen LogP contribution in [0.25, 0.3) is 0 Å². The van der Waals surface area contributed by atoms with Gasteiger partial charge in [-0.25, -0.2) is 4.99 Å². The zero-order valence-electron chi connectivity index (χ0n) is 14.7. The number of guanidine groups is 1. The Kier molecular flexibility index (Phi) is 10.7. The van der Waals surface area contributed by atoms with Gasteiger partial charge in [-0.1, -0.05) is 13.3 Å². The summed E-state index contributed by atoms with van der Waals surface area (Å²) in [4.78, 5) is 17.6. The fraction of sp³-hybridized carbons (Fsp3) is 0.625. The van der Waals surface area contributed by atoms with Crippen LogP contribution in [0.1, 0.15) is 44.3 Å². The third-order valence-electron chi connectivity index (χ3n) is 3.24. The zero-order valence-corrected chi connectivity index (χ0v) is 17.0. The highest BCUT2D eigenvalue weighted by Crippen LogP contribution is 2.15. The van der Waals surface area contributed by atoms with Crippen LogP contribution in [-0.4, -0.2) is 44.0 Å². The number of aryl methyl sites for hydroxylation is 1. The maximum atomic E-state index is 11.7. The average molecular weight is 436 g/mol. The Hall–Kier alpha value is -1.25. The minimum Gasteiger partial charge on any atom is -0.464 e. The molecule has 1 atom stereocenters. The van der Waals surface area contributed by atoms with Crippen molar-refractivity contribution in [3.8, 4) is 0 Å². The van der Waals surface area contributed by atoms with Crippen LogP contribution in [-0.2, 0) is 4.79 Å². The fourth-order valence-electron chi connectivity index (χ4n) is 1.79. The van der Waals surface area contributed by atoms with Gasteiger partial charge in [-0.05, 0) is 32.4 Å². The van der Waals surface area contributed by atoms with Crippen LogP contribution in [0, 0.1) is 6.92 Å². The quantitative estimate of drug-likeness (QED) is 0.299. The van der Waals surface area contributed by atoms with Gasteiger partial charge in [0.1, 0.15) is 18.1 Å². The number of furan rings is 1. The summed E-state index contributed by atoms with van der Waals surface area (Å²) < 4.78 is 5.62. The Balaban J connectivity index is 0.00000484. The summed E-state index contributed by atoms with van der Waals surface area (Å²) in [5.74, 6) is 2.33. The van der Waals surface area contributed by atoms with E-state index in [1.807, 2.05) is 26.0 Å². The number of unbranched alkanes of at least 4 members (excludes halogenated alkanes) is 1. The van der Waals surface area contributed by atoms with Crippen molar-refractivity contribution in [3.63, 3.8) is 0 Å². The molecular formula is C16H29IN4O2. The van der Waals surface area contributed by atoms with Crippen LogP contribution < -0.4 is 10.6 Å². The third-order valence-corrected chi connectivity index (χ3v) is 3.24. The molecule has 0 aliphatic rings. The van der Waals surface area contributed by atoms with Crippen LogP contribution in [0.5, 0.6) is 0 Å². The van der Waals surface area contributed by atoms with Gasteiger partial charge in [-0.15, -0.1) is 24.0 Å². The number of likely N-dealkylation sites (N-methyl/N-ethyl adjacent to an activating group) is 1. The standard InChI is InChI=1S/C16H28N4O2.HI/c1-6-7-10-17-16(18-11-15(21)20(4)5)19-13(3)14-9-8-12(2)22-14;/h8-9,13H,6-7,10-11H2,1-5H3,(H2,17,18,19);1H. The van der Waals surface area contributed by atoms with Crippen LogP contribution in [0.2, 0.25) is 0 Å². The van der Waals surface area contributed by atoms with E-state index in [1.54, 1.807) is 14.1 Å². The molecule has 0 bridgehead atoms. The minimum atomic E-state index is -0.0295. The maximum Gasteiger partial charge on any atom is 0.243 e. The zero-order chi connectivity index (χ0) is 16.5. The Labute approximate surface area is 156 Å². The van der Waals surface area contributed by atoms with Crippen molar-refractivity contribution >= 4 is 35.8 Å². The molecule has 0 aliphatic heterocycles. The lowest BCUT2D eigenvalue weighted by molar-refractivity contribution is -0.127. The summed E-state index contributed by atoms with van der Waals surface area (Å²) in [6.45, 7) is 7.00. The number of nitrogens with zero attached hydrogens (tertiary/aromatic N) is 2. The van der Waals surface area contributed by atoms with E-state index < -0.39 is 0 Å². The van der Waals surface area contributed by atoms with E-state index in [2.05, 4.69) is 22.5 Å². The molecule has 23 heavy (non-hydrogen) atoms. The molecule has 7 heteroatoms. The monoisotopic (exact) mass is 436 g/mol. The lowest BCUT2D eigenvalue weighted by Gasteiger charge is -2.17. The molecule has 0 saturated heterocycles. The second-order valence-electron chi connectivity index (χ2n) is 5.55. The smallest absolute Gasteiger partial charge is 0.243 e. The van der Waals surface area contributed by atoms with Gasteiger partial charge in [0.05, 0.1) is 6.04 Å². The highest BCUT2D eigenvalue weighted by atomic mass is 127. The Bertz CT molecular complexity index is 500. The molecule has 1 aromatic heterocycles. The molecule has 2 N–H and O–H groups in total. The Morgan fingerprint density at radius 1 is 1.39 bits per heavy atom. The molecule has 1 amide bonds. The van der Waals surface area contributed by atoms with Crippen molar-refractivity contribution in [1.82, 2.24) is 15.5 Å². The molecule has 0 aromatic carbocycles. The molecule has 0 saturated carbocycles. The average Bonchev–Trinajstić information content (AvgIpc) is 2.90. The lowest BCUT2D eigenvalue weighted by Crippen LogP contribution is -2.40. The summed E-state index contributed by atoms with van der Waals surface area (Å²) >= 11 is 0. The molecule has 132 valence electrons. The molecule has 0 spiro atoms. The van der Waals surface area contributed by atoms with E-state index in [0.29, 0.717) is 5.96 Å². The van der Waals surface area contributed by atoms with E-state index >= 15 is 0 Å². The molecule has 1 heterocycles. The summed E-state index contributed by atoms with van der Waals surface area (Å²) in [6.07, 6.45) is 2.15. The predicted octanol–water partition coefficient (Wildman–Crippen LogP) is 2.69. The third kappa shape index (κ3) is 8.24.